The van der Waals surface area contributed by atoms with Gasteiger partial charge < -0.3 is 36.1 Å². The van der Waals surface area contributed by atoms with Crippen molar-refractivity contribution in [1.29, 1.82) is 0 Å². The minimum Gasteiger partial charge on any atom is -0.371 e. The van der Waals surface area contributed by atoms with Gasteiger partial charge in [0, 0.05) is 88.3 Å². The maximum Gasteiger partial charge on any atom is 0.234 e. The fourth-order valence-electron chi connectivity index (χ4n) is 8.88. The van der Waals surface area contributed by atoms with E-state index in [4.69, 9.17) is 4.98 Å². The van der Waals surface area contributed by atoms with Gasteiger partial charge in [-0.15, -0.1) is 0 Å². The molecule has 9 rings (SSSR count). The summed E-state index contributed by atoms with van der Waals surface area (Å²) in [5.74, 6) is 0.359. The van der Waals surface area contributed by atoms with E-state index in [9.17, 15) is 18.0 Å². The van der Waals surface area contributed by atoms with Crippen LogP contribution in [0, 0.1) is 11.7 Å². The van der Waals surface area contributed by atoms with E-state index in [1.54, 1.807) is 12.3 Å². The van der Waals surface area contributed by atoms with Gasteiger partial charge in [-0.25, -0.2) is 12.8 Å². The summed E-state index contributed by atoms with van der Waals surface area (Å²) in [5, 5.41) is 17.0. The van der Waals surface area contributed by atoms with Crippen LogP contribution in [0.3, 0.4) is 0 Å². The van der Waals surface area contributed by atoms with E-state index < -0.39 is 10.0 Å². The van der Waals surface area contributed by atoms with E-state index in [2.05, 4.69) is 58.5 Å². The van der Waals surface area contributed by atoms with Crippen molar-refractivity contribution in [1.82, 2.24) is 30.9 Å². The topological polar surface area (TPSA) is 180 Å². The molecule has 15 nitrogen and oxygen atoms in total. The molecule has 3 fully saturated rings. The van der Waals surface area contributed by atoms with Crippen molar-refractivity contribution in [2.24, 2.45) is 5.92 Å². The van der Waals surface area contributed by atoms with Crippen molar-refractivity contribution in [3.63, 3.8) is 0 Å². The number of hydrogen-bond donors (Lipinski definition) is 6. The molecule has 1 unspecified atom stereocenters. The molecule has 0 aliphatic carbocycles. The van der Waals surface area contributed by atoms with Gasteiger partial charge >= 0.3 is 0 Å². The lowest BCUT2D eigenvalue weighted by Crippen LogP contribution is -2.51. The van der Waals surface area contributed by atoms with Crippen molar-refractivity contribution in [2.45, 2.75) is 44.1 Å². The van der Waals surface area contributed by atoms with Crippen molar-refractivity contribution in [3.05, 3.63) is 89.9 Å². The first-order valence-corrected chi connectivity index (χ1v) is 22.6. The van der Waals surface area contributed by atoms with Gasteiger partial charge in [-0.2, -0.15) is 9.97 Å². The quantitative estimate of drug-likeness (QED) is 0.0672. The highest BCUT2D eigenvalue weighted by atomic mass is 32.2. The number of fused-ring (bicyclic) bond motifs is 2. The largest absolute Gasteiger partial charge is 0.371 e. The van der Waals surface area contributed by atoms with Gasteiger partial charge in [0.05, 0.1) is 34.6 Å². The molecule has 60 heavy (non-hydrogen) atoms. The third kappa shape index (κ3) is 8.46. The van der Waals surface area contributed by atoms with Gasteiger partial charge in [0.2, 0.25) is 27.8 Å². The van der Waals surface area contributed by atoms with E-state index in [-0.39, 0.29) is 29.5 Å². The second-order valence-corrected chi connectivity index (χ2v) is 18.1. The Bertz CT molecular complexity index is 2500. The molecule has 3 saturated heterocycles. The van der Waals surface area contributed by atoms with Gasteiger partial charge in [-0.1, -0.05) is 24.3 Å². The molecule has 4 aliphatic rings. The fraction of sp³-hybridized carbons (Fsp3) is 0.395. The number of benzene rings is 3. The Kier molecular flexibility index (Phi) is 11.0. The first kappa shape index (κ1) is 39.7. The zero-order valence-electron chi connectivity index (χ0n) is 33.5. The highest BCUT2D eigenvalue weighted by molar-refractivity contribution is 7.92. The number of aromatic amines is 1. The maximum absolute atomic E-state index is 15.6. The predicted molar refractivity (Wildman–Crippen MR) is 233 cm³/mol. The molecule has 2 amide bonds. The molecule has 5 aromatic rings. The lowest BCUT2D eigenvalue weighted by atomic mass is 9.90. The van der Waals surface area contributed by atoms with E-state index in [1.807, 2.05) is 42.5 Å². The van der Waals surface area contributed by atoms with Gasteiger partial charge in [0.1, 0.15) is 17.3 Å². The van der Waals surface area contributed by atoms with Crippen LogP contribution >= 0.6 is 0 Å². The highest BCUT2D eigenvalue weighted by Gasteiger charge is 2.31. The first-order chi connectivity index (χ1) is 29.1. The SMILES string of the molecule is CS(=O)(=O)N1CCc2cccc(Nc3nc(Nc4ccc(N5CCC(NCCNCC6CN(c7ccc(C8CCC(=O)NC8=O)cc7)C6)CC5)c(F)c4)nc4[nH]ccc34)c21. The summed E-state index contributed by atoms with van der Waals surface area (Å²) >= 11 is 0. The van der Waals surface area contributed by atoms with Crippen LogP contribution in [0.15, 0.2) is 72.9 Å². The lowest BCUT2D eigenvalue weighted by molar-refractivity contribution is -0.134. The number of H-pyrrole nitrogens is 1. The number of para-hydroxylation sites is 1. The summed E-state index contributed by atoms with van der Waals surface area (Å²) in [6.45, 7) is 6.59. The van der Waals surface area contributed by atoms with Crippen LogP contribution < -0.4 is 40.7 Å². The number of piperidine rings is 2. The number of aromatic nitrogens is 3. The summed E-state index contributed by atoms with van der Waals surface area (Å²) in [7, 11) is -3.46. The molecule has 6 heterocycles. The Labute approximate surface area is 348 Å². The summed E-state index contributed by atoms with van der Waals surface area (Å²) < 4.78 is 42.2. The Hall–Kier alpha value is -5.78. The smallest absolute Gasteiger partial charge is 0.234 e. The molecule has 1 atom stereocenters. The Morgan fingerprint density at radius 1 is 0.883 bits per heavy atom. The summed E-state index contributed by atoms with van der Waals surface area (Å²) in [5.41, 5.74) is 5.95. The van der Waals surface area contributed by atoms with Crippen molar-refractivity contribution >= 4 is 73.1 Å². The summed E-state index contributed by atoms with van der Waals surface area (Å²) in [4.78, 5) is 40.6. The molecular formula is C43H50FN11O4S. The molecule has 17 heteroatoms. The number of nitrogens with zero attached hydrogens (tertiary/aromatic N) is 5. The zero-order chi connectivity index (χ0) is 41.4. The van der Waals surface area contributed by atoms with Crippen LogP contribution in [0.1, 0.15) is 42.7 Å². The van der Waals surface area contributed by atoms with Gasteiger partial charge in [-0.3, -0.25) is 19.2 Å². The summed E-state index contributed by atoms with van der Waals surface area (Å²) in [6.07, 6.45) is 6.39. The highest BCUT2D eigenvalue weighted by Crippen LogP contribution is 2.39. The maximum atomic E-state index is 15.6. The minimum atomic E-state index is -3.46. The molecule has 0 saturated carbocycles. The normalized spacial score (nSPS) is 18.8. The van der Waals surface area contributed by atoms with Crippen LogP contribution in [-0.4, -0.2) is 99.8 Å². The van der Waals surface area contributed by atoms with Crippen molar-refractivity contribution in [2.75, 3.05) is 83.4 Å². The minimum absolute atomic E-state index is 0.192. The molecule has 4 aliphatic heterocycles. The number of nitrogens with one attached hydrogen (secondary N) is 6. The monoisotopic (exact) mass is 835 g/mol. The van der Waals surface area contributed by atoms with E-state index >= 15 is 4.39 Å². The molecular weight excluding hydrogens is 786 g/mol. The van der Waals surface area contributed by atoms with Crippen LogP contribution in [0.4, 0.5) is 44.6 Å². The van der Waals surface area contributed by atoms with E-state index in [0.717, 1.165) is 80.9 Å². The van der Waals surface area contributed by atoms with E-state index in [1.165, 1.54) is 16.6 Å². The molecule has 0 bridgehead atoms. The second kappa shape index (κ2) is 16.7. The number of carbonyl (C=O) groups is 2. The third-order valence-corrected chi connectivity index (χ3v) is 13.3. The zero-order valence-corrected chi connectivity index (χ0v) is 34.3. The number of imide groups is 1. The molecule has 0 radical (unpaired) electrons. The average molecular weight is 836 g/mol. The summed E-state index contributed by atoms with van der Waals surface area (Å²) in [6, 6.07) is 21.2. The molecule has 2 aromatic heterocycles. The molecule has 3 aromatic carbocycles. The van der Waals surface area contributed by atoms with Gasteiger partial charge in [0.15, 0.2) is 0 Å². The van der Waals surface area contributed by atoms with Crippen LogP contribution in [-0.2, 0) is 26.0 Å². The Morgan fingerprint density at radius 2 is 1.70 bits per heavy atom. The van der Waals surface area contributed by atoms with Gasteiger partial charge in [0.25, 0.3) is 0 Å². The number of sulfonamides is 1. The molecule has 314 valence electrons. The first-order valence-electron chi connectivity index (χ1n) is 20.7. The lowest BCUT2D eigenvalue weighted by Gasteiger charge is -2.41. The number of amides is 2. The molecule has 0 spiro atoms. The van der Waals surface area contributed by atoms with E-state index in [0.29, 0.717) is 72.0 Å². The third-order valence-electron chi connectivity index (χ3n) is 12.1. The standard InChI is InChI=1S/C43H50FN11O4S/c1-60(58,59)55-22-14-29-3-2-4-36(39(29)55)49-41-34-13-17-47-40(34)51-43(52-41)48-31-7-11-37(35(44)23-31)53-20-15-30(16-21-53)46-19-18-45-24-27-25-54(26-27)32-8-5-28(6-9-32)33-10-12-38(56)50-42(33)57/h2-9,11,13,17,23,27,30,33,45-46H,10,12,14-16,18-22,24-26H2,1H3,(H,50,56,57)(H3,47,48,49,51,52). The number of hydrogen-bond acceptors (Lipinski definition) is 12. The Morgan fingerprint density at radius 3 is 2.47 bits per heavy atom. The average Bonchev–Trinajstić information content (AvgIpc) is 3.88. The van der Waals surface area contributed by atoms with Gasteiger partial charge in [-0.05, 0) is 79.3 Å². The molecule has 6 N–H and O–H groups in total. The van der Waals surface area contributed by atoms with Crippen LogP contribution in [0.25, 0.3) is 11.0 Å². The second-order valence-electron chi connectivity index (χ2n) is 16.2. The predicted octanol–water partition coefficient (Wildman–Crippen LogP) is 4.71. The van der Waals surface area contributed by atoms with Crippen LogP contribution in [0.2, 0.25) is 0 Å². The number of rotatable bonds is 14. The van der Waals surface area contributed by atoms with Crippen molar-refractivity contribution < 1.29 is 22.4 Å². The number of anilines is 7. The number of halogens is 1. The number of carbonyl (C=O) groups excluding carboxylic acids is 2. The Balaban J connectivity index is 0.718. The van der Waals surface area contributed by atoms with Crippen LogP contribution in [0.5, 0.6) is 0 Å². The van der Waals surface area contributed by atoms with Crippen molar-refractivity contribution in [3.8, 4) is 0 Å². The fourth-order valence-corrected chi connectivity index (χ4v) is 9.85.